The molecule has 1 aliphatic heterocycles. The van der Waals surface area contributed by atoms with E-state index in [1.165, 1.54) is 12.8 Å². The number of nitrogens with zero attached hydrogens (tertiary/aromatic N) is 1. The summed E-state index contributed by atoms with van der Waals surface area (Å²) in [5, 5.41) is 0. The standard InChI is InChI=1S/C14H17NO/c1-12(15-9-5-6-10-15)11-14(16)13-7-3-2-4-8-13/h2-4,7-8,11H,5-6,9-10H2,1H3/b12-11-. The van der Waals surface area contributed by atoms with Gasteiger partial charge in [0.15, 0.2) is 5.78 Å². The Kier molecular flexibility index (Phi) is 3.40. The molecule has 1 aromatic rings. The van der Waals surface area contributed by atoms with E-state index in [0.29, 0.717) is 0 Å². The van der Waals surface area contributed by atoms with Crippen LogP contribution in [-0.4, -0.2) is 23.8 Å². The highest BCUT2D eigenvalue weighted by atomic mass is 16.1. The molecule has 0 aromatic heterocycles. The van der Waals surface area contributed by atoms with Crippen molar-refractivity contribution in [3.63, 3.8) is 0 Å². The molecule has 1 aromatic carbocycles. The molecule has 2 heteroatoms. The Morgan fingerprint density at radius 1 is 1.19 bits per heavy atom. The molecule has 0 bridgehead atoms. The first-order chi connectivity index (χ1) is 7.77. The maximum Gasteiger partial charge on any atom is 0.187 e. The number of benzene rings is 1. The van der Waals surface area contributed by atoms with Crippen molar-refractivity contribution in [2.75, 3.05) is 13.1 Å². The third-order valence-corrected chi connectivity index (χ3v) is 3.00. The molecular weight excluding hydrogens is 198 g/mol. The van der Waals surface area contributed by atoms with Crippen LogP contribution in [-0.2, 0) is 0 Å². The molecular formula is C14H17NO. The molecule has 0 aliphatic carbocycles. The monoisotopic (exact) mass is 215 g/mol. The Morgan fingerprint density at radius 2 is 1.81 bits per heavy atom. The van der Waals surface area contributed by atoms with Crippen LogP contribution in [0.3, 0.4) is 0 Å². The summed E-state index contributed by atoms with van der Waals surface area (Å²) >= 11 is 0. The van der Waals surface area contributed by atoms with Gasteiger partial charge in [0.25, 0.3) is 0 Å². The lowest BCUT2D eigenvalue weighted by Crippen LogP contribution is -2.17. The lowest BCUT2D eigenvalue weighted by atomic mass is 10.1. The van der Waals surface area contributed by atoms with E-state index in [9.17, 15) is 4.79 Å². The summed E-state index contributed by atoms with van der Waals surface area (Å²) in [6.45, 7) is 4.20. The minimum atomic E-state index is 0.102. The van der Waals surface area contributed by atoms with Gasteiger partial charge in [0.05, 0.1) is 0 Å². The molecule has 0 radical (unpaired) electrons. The van der Waals surface area contributed by atoms with E-state index in [-0.39, 0.29) is 5.78 Å². The zero-order valence-corrected chi connectivity index (χ0v) is 9.65. The van der Waals surface area contributed by atoms with Crippen molar-refractivity contribution in [2.45, 2.75) is 19.8 Å². The zero-order chi connectivity index (χ0) is 11.4. The molecule has 0 amide bonds. The molecule has 1 fully saturated rings. The third kappa shape index (κ3) is 2.51. The number of rotatable bonds is 3. The van der Waals surface area contributed by atoms with Gasteiger partial charge in [-0.05, 0) is 19.8 Å². The Labute approximate surface area is 96.6 Å². The van der Waals surface area contributed by atoms with Crippen molar-refractivity contribution in [1.29, 1.82) is 0 Å². The summed E-state index contributed by atoms with van der Waals surface area (Å²) in [7, 11) is 0. The van der Waals surface area contributed by atoms with Crippen LogP contribution >= 0.6 is 0 Å². The summed E-state index contributed by atoms with van der Waals surface area (Å²) in [6, 6.07) is 9.43. The third-order valence-electron chi connectivity index (χ3n) is 3.00. The number of hydrogen-bond acceptors (Lipinski definition) is 2. The number of carbonyl (C=O) groups is 1. The Morgan fingerprint density at radius 3 is 2.44 bits per heavy atom. The molecule has 84 valence electrons. The molecule has 1 aliphatic rings. The molecule has 16 heavy (non-hydrogen) atoms. The molecule has 0 N–H and O–H groups in total. The van der Waals surface area contributed by atoms with Gasteiger partial charge in [0, 0.05) is 30.4 Å². The summed E-state index contributed by atoms with van der Waals surface area (Å²) in [5.41, 5.74) is 1.85. The zero-order valence-electron chi connectivity index (χ0n) is 9.65. The smallest absolute Gasteiger partial charge is 0.187 e. The van der Waals surface area contributed by atoms with E-state index in [4.69, 9.17) is 0 Å². The fraction of sp³-hybridized carbons (Fsp3) is 0.357. The highest BCUT2D eigenvalue weighted by molar-refractivity contribution is 6.04. The SMILES string of the molecule is C/C(=C/C(=O)c1ccccc1)N1CCCC1. The van der Waals surface area contributed by atoms with Crippen molar-refractivity contribution >= 4 is 5.78 Å². The lowest BCUT2D eigenvalue weighted by Gasteiger charge is -2.17. The summed E-state index contributed by atoms with van der Waals surface area (Å²) in [5.74, 6) is 0.102. The fourth-order valence-electron chi connectivity index (χ4n) is 2.04. The van der Waals surface area contributed by atoms with Crippen LogP contribution in [0, 0.1) is 0 Å². The lowest BCUT2D eigenvalue weighted by molar-refractivity contribution is 0.104. The van der Waals surface area contributed by atoms with Gasteiger partial charge in [-0.25, -0.2) is 0 Å². The number of ketones is 1. The normalized spacial score (nSPS) is 16.6. The quantitative estimate of drug-likeness (QED) is 0.571. The van der Waals surface area contributed by atoms with Gasteiger partial charge in [-0.15, -0.1) is 0 Å². The van der Waals surface area contributed by atoms with Crippen LogP contribution < -0.4 is 0 Å². The largest absolute Gasteiger partial charge is 0.375 e. The molecule has 1 saturated heterocycles. The molecule has 2 nitrogen and oxygen atoms in total. The van der Waals surface area contributed by atoms with Gasteiger partial charge in [0.1, 0.15) is 0 Å². The molecule has 0 saturated carbocycles. The van der Waals surface area contributed by atoms with Crippen molar-refractivity contribution in [2.24, 2.45) is 0 Å². The number of allylic oxidation sites excluding steroid dienone is 2. The van der Waals surface area contributed by atoms with Crippen LogP contribution in [0.15, 0.2) is 42.1 Å². The minimum absolute atomic E-state index is 0.102. The van der Waals surface area contributed by atoms with Crippen molar-refractivity contribution < 1.29 is 4.79 Å². The van der Waals surface area contributed by atoms with Crippen molar-refractivity contribution in [3.8, 4) is 0 Å². The van der Waals surface area contributed by atoms with Gasteiger partial charge < -0.3 is 4.90 Å². The Balaban J connectivity index is 2.08. The molecule has 0 unspecified atom stereocenters. The van der Waals surface area contributed by atoms with E-state index in [1.54, 1.807) is 6.08 Å². The summed E-state index contributed by atoms with van der Waals surface area (Å²) in [6.07, 6.45) is 4.23. The number of carbonyl (C=O) groups excluding carboxylic acids is 1. The maximum absolute atomic E-state index is 11.9. The van der Waals surface area contributed by atoms with Crippen LogP contribution in [0.4, 0.5) is 0 Å². The first-order valence-corrected chi connectivity index (χ1v) is 5.80. The first kappa shape index (κ1) is 10.9. The Hall–Kier alpha value is -1.57. The highest BCUT2D eigenvalue weighted by Crippen LogP contribution is 2.14. The number of hydrogen-bond donors (Lipinski definition) is 0. The molecule has 2 rings (SSSR count). The van der Waals surface area contributed by atoms with Gasteiger partial charge in [-0.1, -0.05) is 30.3 Å². The summed E-state index contributed by atoms with van der Waals surface area (Å²) < 4.78 is 0. The Bertz CT molecular complexity index is 388. The maximum atomic E-state index is 11.9. The first-order valence-electron chi connectivity index (χ1n) is 5.80. The second kappa shape index (κ2) is 4.97. The van der Waals surface area contributed by atoms with E-state index >= 15 is 0 Å². The predicted octanol–water partition coefficient (Wildman–Crippen LogP) is 2.87. The average molecular weight is 215 g/mol. The average Bonchev–Trinajstić information content (AvgIpc) is 2.83. The molecule has 0 atom stereocenters. The van der Waals surface area contributed by atoms with Gasteiger partial charge in [-0.2, -0.15) is 0 Å². The van der Waals surface area contributed by atoms with Crippen molar-refractivity contribution in [1.82, 2.24) is 4.90 Å². The second-order valence-electron chi connectivity index (χ2n) is 4.21. The summed E-state index contributed by atoms with van der Waals surface area (Å²) in [4.78, 5) is 14.2. The van der Waals surface area contributed by atoms with E-state index < -0.39 is 0 Å². The topological polar surface area (TPSA) is 20.3 Å². The minimum Gasteiger partial charge on any atom is -0.375 e. The van der Waals surface area contributed by atoms with Gasteiger partial charge >= 0.3 is 0 Å². The van der Waals surface area contributed by atoms with Gasteiger partial charge in [-0.3, -0.25) is 4.79 Å². The fourth-order valence-corrected chi connectivity index (χ4v) is 2.04. The second-order valence-corrected chi connectivity index (χ2v) is 4.21. The molecule has 0 spiro atoms. The van der Waals surface area contributed by atoms with Crippen LogP contribution in [0.5, 0.6) is 0 Å². The van der Waals surface area contributed by atoms with Gasteiger partial charge in [0.2, 0.25) is 0 Å². The number of likely N-dealkylation sites (tertiary alicyclic amines) is 1. The highest BCUT2D eigenvalue weighted by Gasteiger charge is 2.12. The van der Waals surface area contributed by atoms with E-state index in [0.717, 1.165) is 24.4 Å². The van der Waals surface area contributed by atoms with E-state index in [2.05, 4.69) is 4.90 Å². The van der Waals surface area contributed by atoms with Crippen molar-refractivity contribution in [3.05, 3.63) is 47.7 Å². The van der Waals surface area contributed by atoms with Crippen LogP contribution in [0.25, 0.3) is 0 Å². The predicted molar refractivity (Wildman–Crippen MR) is 65.3 cm³/mol. The van der Waals surface area contributed by atoms with Crippen LogP contribution in [0.2, 0.25) is 0 Å². The van der Waals surface area contributed by atoms with E-state index in [1.807, 2.05) is 37.3 Å². The molecule has 1 heterocycles. The van der Waals surface area contributed by atoms with Crippen LogP contribution in [0.1, 0.15) is 30.1 Å².